The molecule has 1 amide bonds. The Morgan fingerprint density at radius 2 is 1.80 bits per heavy atom. The van der Waals surface area contributed by atoms with Gasteiger partial charge in [0.15, 0.2) is 0 Å². The lowest BCUT2D eigenvalue weighted by Gasteiger charge is -2.42. The zero-order valence-electron chi connectivity index (χ0n) is 13.1. The Morgan fingerprint density at radius 3 is 2.40 bits per heavy atom. The van der Waals surface area contributed by atoms with Gasteiger partial charge in [-0.2, -0.15) is 0 Å². The van der Waals surface area contributed by atoms with Gasteiger partial charge in [-0.25, -0.2) is 0 Å². The Labute approximate surface area is 122 Å². The normalized spacial score (nSPS) is 31.6. The first-order valence-electron chi connectivity index (χ1n) is 8.14. The third-order valence-electron chi connectivity index (χ3n) is 5.10. The zero-order valence-corrected chi connectivity index (χ0v) is 13.1. The largest absolute Gasteiger partial charge is 0.389 e. The molecule has 0 aromatic carbocycles. The van der Waals surface area contributed by atoms with Crippen molar-refractivity contribution in [1.29, 1.82) is 0 Å². The number of piperidine rings is 1. The molecule has 4 heteroatoms. The molecule has 116 valence electrons. The number of β-amino-alcohol motifs (C(OH)–C–C–N with tert-alkyl or cyclic N) is 1. The lowest BCUT2D eigenvalue weighted by atomic mass is 9.80. The maximum absolute atomic E-state index is 12.1. The molecule has 0 bridgehead atoms. The highest BCUT2D eigenvalue weighted by Crippen LogP contribution is 2.33. The monoisotopic (exact) mass is 282 g/mol. The van der Waals surface area contributed by atoms with E-state index in [9.17, 15) is 9.90 Å². The Bertz CT molecular complexity index is 337. The Morgan fingerprint density at radius 1 is 1.15 bits per heavy atom. The summed E-state index contributed by atoms with van der Waals surface area (Å²) in [7, 11) is 1.71. The van der Waals surface area contributed by atoms with Crippen molar-refractivity contribution >= 4 is 5.91 Å². The van der Waals surface area contributed by atoms with Gasteiger partial charge in [0.05, 0.1) is 11.0 Å². The Balaban J connectivity index is 1.96. The minimum atomic E-state index is -0.530. The van der Waals surface area contributed by atoms with Crippen LogP contribution in [-0.4, -0.2) is 48.2 Å². The quantitative estimate of drug-likeness (QED) is 0.778. The van der Waals surface area contributed by atoms with Gasteiger partial charge in [0.1, 0.15) is 0 Å². The first-order chi connectivity index (χ1) is 9.47. The van der Waals surface area contributed by atoms with E-state index in [4.69, 9.17) is 0 Å². The molecule has 1 atom stereocenters. The molecule has 0 aromatic rings. The highest BCUT2D eigenvalue weighted by molar-refractivity contribution is 5.82. The molecule has 2 rings (SSSR count). The molecular formula is C16H30N2O2. The van der Waals surface area contributed by atoms with Gasteiger partial charge < -0.3 is 10.4 Å². The van der Waals surface area contributed by atoms with Gasteiger partial charge in [0, 0.05) is 20.1 Å². The predicted molar refractivity (Wildman–Crippen MR) is 80.5 cm³/mol. The average molecular weight is 282 g/mol. The number of amides is 1. The number of hydrogen-bond acceptors (Lipinski definition) is 3. The van der Waals surface area contributed by atoms with Crippen LogP contribution in [0.4, 0.5) is 0 Å². The molecule has 0 spiro atoms. The van der Waals surface area contributed by atoms with Crippen LogP contribution in [0.1, 0.15) is 58.3 Å². The highest BCUT2D eigenvalue weighted by Gasteiger charge is 2.39. The lowest BCUT2D eigenvalue weighted by molar-refractivity contribution is -0.133. The summed E-state index contributed by atoms with van der Waals surface area (Å²) in [6.07, 6.45) is 8.59. The number of rotatable bonds is 3. The van der Waals surface area contributed by atoms with Crippen molar-refractivity contribution in [2.24, 2.45) is 5.41 Å². The number of nitrogens with one attached hydrogen (secondary N) is 1. The molecular weight excluding hydrogens is 252 g/mol. The summed E-state index contributed by atoms with van der Waals surface area (Å²) in [6, 6.07) is 0. The molecule has 2 aliphatic rings. The van der Waals surface area contributed by atoms with Gasteiger partial charge in [0.2, 0.25) is 5.91 Å². The van der Waals surface area contributed by atoms with E-state index in [2.05, 4.69) is 17.1 Å². The van der Waals surface area contributed by atoms with Gasteiger partial charge in [-0.1, -0.05) is 25.7 Å². The van der Waals surface area contributed by atoms with Crippen LogP contribution >= 0.6 is 0 Å². The first-order valence-corrected chi connectivity index (χ1v) is 8.14. The Hall–Kier alpha value is -0.610. The van der Waals surface area contributed by atoms with Crippen LogP contribution in [0.2, 0.25) is 0 Å². The second kappa shape index (κ2) is 6.44. The molecule has 1 aliphatic carbocycles. The summed E-state index contributed by atoms with van der Waals surface area (Å²) in [4.78, 5) is 14.4. The van der Waals surface area contributed by atoms with E-state index in [1.54, 1.807) is 7.05 Å². The molecule has 1 saturated heterocycles. The van der Waals surface area contributed by atoms with E-state index in [0.29, 0.717) is 0 Å². The van der Waals surface area contributed by atoms with Crippen LogP contribution in [0, 0.1) is 5.41 Å². The minimum Gasteiger partial charge on any atom is -0.389 e. The fourth-order valence-electron chi connectivity index (χ4n) is 3.93. The van der Waals surface area contributed by atoms with Crippen molar-refractivity contribution in [3.05, 3.63) is 0 Å². The number of carbonyl (C=O) groups excluding carboxylic acids is 1. The van der Waals surface area contributed by atoms with E-state index >= 15 is 0 Å². The van der Waals surface area contributed by atoms with Crippen molar-refractivity contribution in [3.63, 3.8) is 0 Å². The molecule has 1 heterocycles. The van der Waals surface area contributed by atoms with E-state index in [1.807, 2.05) is 0 Å². The average Bonchev–Trinajstić information content (AvgIpc) is 2.62. The summed E-state index contributed by atoms with van der Waals surface area (Å²) < 4.78 is 0. The zero-order chi connectivity index (χ0) is 14.6. The summed E-state index contributed by atoms with van der Waals surface area (Å²) in [6.45, 7) is 4.57. The van der Waals surface area contributed by atoms with Crippen molar-refractivity contribution in [2.75, 3.05) is 26.7 Å². The number of hydrogen-bond donors (Lipinski definition) is 2. The van der Waals surface area contributed by atoms with Crippen LogP contribution in [0.25, 0.3) is 0 Å². The molecule has 1 saturated carbocycles. The second-order valence-electron chi connectivity index (χ2n) is 7.09. The summed E-state index contributed by atoms with van der Waals surface area (Å²) >= 11 is 0. The minimum absolute atomic E-state index is 0.134. The number of likely N-dealkylation sites (tertiary alicyclic amines) is 1. The van der Waals surface area contributed by atoms with Crippen molar-refractivity contribution < 1.29 is 9.90 Å². The molecule has 20 heavy (non-hydrogen) atoms. The second-order valence-corrected chi connectivity index (χ2v) is 7.09. The topological polar surface area (TPSA) is 52.6 Å². The van der Waals surface area contributed by atoms with Gasteiger partial charge in [-0.15, -0.1) is 0 Å². The smallest absolute Gasteiger partial charge is 0.226 e. The van der Waals surface area contributed by atoms with E-state index in [0.717, 1.165) is 58.2 Å². The third-order valence-corrected chi connectivity index (χ3v) is 5.10. The van der Waals surface area contributed by atoms with E-state index < -0.39 is 5.60 Å². The Kier molecular flexibility index (Phi) is 5.08. The molecule has 2 fully saturated rings. The lowest BCUT2D eigenvalue weighted by Crippen LogP contribution is -2.53. The van der Waals surface area contributed by atoms with Crippen LogP contribution in [-0.2, 0) is 4.79 Å². The molecule has 0 aromatic heterocycles. The predicted octanol–water partition coefficient (Wildman–Crippen LogP) is 1.92. The summed E-state index contributed by atoms with van der Waals surface area (Å²) in [5.74, 6) is 0.134. The van der Waals surface area contributed by atoms with E-state index in [1.165, 1.54) is 12.8 Å². The van der Waals surface area contributed by atoms with Crippen LogP contribution < -0.4 is 5.32 Å². The van der Waals surface area contributed by atoms with Gasteiger partial charge in [0.25, 0.3) is 0 Å². The van der Waals surface area contributed by atoms with Crippen molar-refractivity contribution in [2.45, 2.75) is 63.9 Å². The van der Waals surface area contributed by atoms with Crippen molar-refractivity contribution in [3.8, 4) is 0 Å². The molecule has 2 N–H and O–H groups in total. The van der Waals surface area contributed by atoms with Gasteiger partial charge in [-0.3, -0.25) is 9.69 Å². The number of nitrogens with zero attached hydrogens (tertiary/aromatic N) is 1. The summed E-state index contributed by atoms with van der Waals surface area (Å²) in [5, 5.41) is 13.6. The van der Waals surface area contributed by atoms with Gasteiger partial charge in [-0.05, 0) is 39.2 Å². The van der Waals surface area contributed by atoms with Gasteiger partial charge >= 0.3 is 0 Å². The highest BCUT2D eigenvalue weighted by atomic mass is 16.3. The fraction of sp³-hybridized carbons (Fsp3) is 0.938. The molecule has 4 nitrogen and oxygen atoms in total. The van der Waals surface area contributed by atoms with Crippen LogP contribution in [0.15, 0.2) is 0 Å². The number of aliphatic hydroxyl groups is 1. The first kappa shape index (κ1) is 15.8. The van der Waals surface area contributed by atoms with Crippen LogP contribution in [0.5, 0.6) is 0 Å². The maximum atomic E-state index is 12.1. The fourth-order valence-corrected chi connectivity index (χ4v) is 3.93. The standard InChI is InChI=1S/C16H30N2O2/c1-15(14(19)17-2)8-7-11-18(12-15)13-16(20)9-5-3-4-6-10-16/h20H,3-13H2,1-2H3,(H,17,19)/t15-/m0/s1. The maximum Gasteiger partial charge on any atom is 0.226 e. The third kappa shape index (κ3) is 3.73. The molecule has 0 radical (unpaired) electrons. The molecule has 0 unspecified atom stereocenters. The SMILES string of the molecule is CNC(=O)[C@@]1(C)CCCN(CC2(O)CCCCCC2)C1. The van der Waals surface area contributed by atoms with Crippen LogP contribution in [0.3, 0.4) is 0 Å². The van der Waals surface area contributed by atoms with Crippen molar-refractivity contribution in [1.82, 2.24) is 10.2 Å². The van der Waals surface area contributed by atoms with E-state index in [-0.39, 0.29) is 11.3 Å². The summed E-state index contributed by atoms with van der Waals surface area (Å²) in [5.41, 5.74) is -0.828. The molecule has 1 aliphatic heterocycles. The number of carbonyl (C=O) groups is 1.